The summed E-state index contributed by atoms with van der Waals surface area (Å²) >= 11 is 6.07. The van der Waals surface area contributed by atoms with Crippen molar-refractivity contribution in [1.82, 2.24) is 14.4 Å². The molecule has 7 heteroatoms. The van der Waals surface area contributed by atoms with E-state index >= 15 is 0 Å². The van der Waals surface area contributed by atoms with E-state index in [1.807, 2.05) is 18.7 Å². The van der Waals surface area contributed by atoms with Gasteiger partial charge in [-0.15, -0.1) is 0 Å². The number of oxazole rings is 1. The van der Waals surface area contributed by atoms with Gasteiger partial charge in [0.25, 0.3) is 0 Å². The van der Waals surface area contributed by atoms with Crippen molar-refractivity contribution in [2.75, 3.05) is 32.7 Å². The van der Waals surface area contributed by atoms with Crippen LogP contribution in [0.2, 0.25) is 5.02 Å². The quantitative estimate of drug-likeness (QED) is 0.817. The van der Waals surface area contributed by atoms with Gasteiger partial charge in [0, 0.05) is 37.2 Å². The topological polar surface area (TPSA) is 58.7 Å². The third-order valence-electron chi connectivity index (χ3n) is 4.97. The monoisotopic (exact) mass is 365 g/mol. The molecule has 2 aromatic rings. The molecule has 0 bridgehead atoms. The van der Waals surface area contributed by atoms with Crippen molar-refractivity contribution < 1.29 is 9.21 Å². The fraction of sp³-hybridized carbons (Fsp3) is 0.556. The molecule has 6 nitrogen and oxygen atoms in total. The number of piperidine rings is 1. The predicted octanol–water partition coefficient (Wildman–Crippen LogP) is 2.75. The van der Waals surface area contributed by atoms with Gasteiger partial charge >= 0.3 is 5.76 Å². The largest absolute Gasteiger partial charge is 0.420 e. The highest BCUT2D eigenvalue weighted by Crippen LogP contribution is 2.27. The van der Waals surface area contributed by atoms with Gasteiger partial charge in [-0.05, 0) is 44.9 Å². The van der Waals surface area contributed by atoms with Gasteiger partial charge < -0.3 is 9.32 Å². The molecule has 3 rings (SSSR count). The van der Waals surface area contributed by atoms with E-state index < -0.39 is 0 Å². The number of fused-ring (bicyclic) bond motifs is 1. The van der Waals surface area contributed by atoms with Gasteiger partial charge in [0.05, 0.1) is 12.1 Å². The van der Waals surface area contributed by atoms with E-state index in [-0.39, 0.29) is 17.7 Å². The zero-order valence-electron chi connectivity index (χ0n) is 14.7. The SMILES string of the molecule is CCN(CC)C(=O)CN1CCC(n2c(=O)oc3ccc(Cl)cc32)CC1. The Bertz CT molecular complexity index is 801. The van der Waals surface area contributed by atoms with Gasteiger partial charge in [-0.1, -0.05) is 11.6 Å². The number of nitrogens with zero attached hydrogens (tertiary/aromatic N) is 3. The molecule has 1 aromatic carbocycles. The Morgan fingerprint density at radius 2 is 1.96 bits per heavy atom. The number of amides is 1. The molecule has 0 unspecified atom stereocenters. The number of carbonyl (C=O) groups is 1. The number of halogens is 1. The van der Waals surface area contributed by atoms with Crippen LogP contribution in [0, 0.1) is 0 Å². The molecule has 0 aliphatic carbocycles. The summed E-state index contributed by atoms with van der Waals surface area (Å²) in [7, 11) is 0. The van der Waals surface area contributed by atoms with E-state index in [2.05, 4.69) is 4.90 Å². The molecule has 1 fully saturated rings. The molecule has 0 N–H and O–H groups in total. The van der Waals surface area contributed by atoms with Crippen LogP contribution < -0.4 is 5.76 Å². The first kappa shape index (κ1) is 18.0. The Hall–Kier alpha value is -1.79. The molecule has 136 valence electrons. The van der Waals surface area contributed by atoms with Gasteiger partial charge in [0.2, 0.25) is 5.91 Å². The lowest BCUT2D eigenvalue weighted by atomic mass is 10.0. The lowest BCUT2D eigenvalue weighted by Gasteiger charge is -2.33. The number of hydrogen-bond donors (Lipinski definition) is 0. The van der Waals surface area contributed by atoms with E-state index in [9.17, 15) is 9.59 Å². The van der Waals surface area contributed by atoms with E-state index in [0.717, 1.165) is 44.5 Å². The summed E-state index contributed by atoms with van der Waals surface area (Å²) in [5, 5.41) is 0.587. The van der Waals surface area contributed by atoms with Crippen molar-refractivity contribution >= 4 is 28.6 Å². The van der Waals surface area contributed by atoms with E-state index in [1.54, 1.807) is 22.8 Å². The van der Waals surface area contributed by atoms with Gasteiger partial charge in [-0.25, -0.2) is 4.79 Å². The minimum Gasteiger partial charge on any atom is -0.408 e. The first-order chi connectivity index (χ1) is 12.0. The molecule has 1 saturated heterocycles. The predicted molar refractivity (Wildman–Crippen MR) is 98.1 cm³/mol. The molecule has 1 aliphatic rings. The molecule has 2 heterocycles. The number of carbonyl (C=O) groups excluding carboxylic acids is 1. The second kappa shape index (κ2) is 7.62. The number of likely N-dealkylation sites (N-methyl/N-ethyl adjacent to an activating group) is 1. The molecule has 0 spiro atoms. The number of likely N-dealkylation sites (tertiary alicyclic amines) is 1. The second-order valence-electron chi connectivity index (χ2n) is 6.42. The maximum atomic E-state index is 12.3. The van der Waals surface area contributed by atoms with Crippen LogP contribution in [0.3, 0.4) is 0 Å². The van der Waals surface area contributed by atoms with Crippen molar-refractivity contribution in [1.29, 1.82) is 0 Å². The van der Waals surface area contributed by atoms with Crippen LogP contribution in [0.5, 0.6) is 0 Å². The maximum absolute atomic E-state index is 12.3. The Labute approximate surface area is 151 Å². The van der Waals surface area contributed by atoms with Crippen molar-refractivity contribution in [3.8, 4) is 0 Å². The van der Waals surface area contributed by atoms with Crippen LogP contribution in [0.25, 0.3) is 11.1 Å². The normalized spacial score (nSPS) is 16.4. The first-order valence-corrected chi connectivity index (χ1v) is 9.22. The summed E-state index contributed by atoms with van der Waals surface area (Å²) in [6.45, 7) is 7.49. The Morgan fingerprint density at radius 1 is 1.28 bits per heavy atom. The van der Waals surface area contributed by atoms with E-state index in [1.165, 1.54) is 0 Å². The first-order valence-electron chi connectivity index (χ1n) is 8.84. The molecule has 0 radical (unpaired) electrons. The van der Waals surface area contributed by atoms with Crippen molar-refractivity contribution in [3.05, 3.63) is 33.8 Å². The molecule has 1 aliphatic heterocycles. The third-order valence-corrected chi connectivity index (χ3v) is 5.21. The minimum absolute atomic E-state index is 0.0759. The average molecular weight is 366 g/mol. The fourth-order valence-electron chi connectivity index (χ4n) is 3.56. The smallest absolute Gasteiger partial charge is 0.408 e. The number of aromatic nitrogens is 1. The zero-order chi connectivity index (χ0) is 18.0. The van der Waals surface area contributed by atoms with Crippen LogP contribution in [0.15, 0.2) is 27.4 Å². The highest BCUT2D eigenvalue weighted by Gasteiger charge is 2.26. The van der Waals surface area contributed by atoms with Crippen LogP contribution in [-0.2, 0) is 4.79 Å². The van der Waals surface area contributed by atoms with Gasteiger partial charge in [-0.2, -0.15) is 0 Å². The lowest BCUT2D eigenvalue weighted by Crippen LogP contribution is -2.44. The third kappa shape index (κ3) is 3.75. The van der Waals surface area contributed by atoms with Crippen LogP contribution in [0.4, 0.5) is 0 Å². The highest BCUT2D eigenvalue weighted by molar-refractivity contribution is 6.31. The van der Waals surface area contributed by atoms with Crippen LogP contribution in [-0.4, -0.2) is 53.0 Å². The zero-order valence-corrected chi connectivity index (χ0v) is 15.5. The Balaban J connectivity index is 1.69. The number of rotatable bonds is 5. The summed E-state index contributed by atoms with van der Waals surface area (Å²) in [5.41, 5.74) is 1.31. The Morgan fingerprint density at radius 3 is 2.60 bits per heavy atom. The van der Waals surface area contributed by atoms with Gasteiger partial charge in [-0.3, -0.25) is 14.3 Å². The minimum atomic E-state index is -0.338. The standard InChI is InChI=1S/C18H24ClN3O3/c1-3-21(4-2)17(23)12-20-9-7-14(8-10-20)22-15-11-13(19)5-6-16(15)25-18(22)24/h5-6,11,14H,3-4,7-10,12H2,1-2H3. The molecular formula is C18H24ClN3O3. The van der Waals surface area contributed by atoms with Crippen molar-refractivity contribution in [3.63, 3.8) is 0 Å². The summed E-state index contributed by atoms with van der Waals surface area (Å²) in [6, 6.07) is 5.30. The number of benzene rings is 1. The van der Waals surface area contributed by atoms with Crippen molar-refractivity contribution in [2.24, 2.45) is 0 Å². The number of hydrogen-bond acceptors (Lipinski definition) is 4. The average Bonchev–Trinajstić information content (AvgIpc) is 2.92. The van der Waals surface area contributed by atoms with Crippen LogP contribution >= 0.6 is 11.6 Å². The molecule has 0 atom stereocenters. The summed E-state index contributed by atoms with van der Waals surface area (Å²) in [5.74, 6) is -0.170. The highest BCUT2D eigenvalue weighted by atomic mass is 35.5. The summed E-state index contributed by atoms with van der Waals surface area (Å²) in [6.07, 6.45) is 1.62. The summed E-state index contributed by atoms with van der Waals surface area (Å²) in [4.78, 5) is 28.5. The molecule has 25 heavy (non-hydrogen) atoms. The lowest BCUT2D eigenvalue weighted by molar-refractivity contribution is -0.132. The summed E-state index contributed by atoms with van der Waals surface area (Å²) < 4.78 is 7.05. The molecular weight excluding hydrogens is 342 g/mol. The van der Waals surface area contributed by atoms with Crippen LogP contribution in [0.1, 0.15) is 32.7 Å². The van der Waals surface area contributed by atoms with E-state index in [4.69, 9.17) is 16.0 Å². The van der Waals surface area contributed by atoms with Gasteiger partial charge in [0.15, 0.2) is 5.58 Å². The molecule has 0 saturated carbocycles. The molecule has 1 amide bonds. The van der Waals surface area contributed by atoms with E-state index in [0.29, 0.717) is 17.2 Å². The maximum Gasteiger partial charge on any atom is 0.420 e. The second-order valence-corrected chi connectivity index (χ2v) is 6.86. The van der Waals surface area contributed by atoms with Gasteiger partial charge in [0.1, 0.15) is 0 Å². The molecule has 1 aromatic heterocycles. The van der Waals surface area contributed by atoms with Crippen molar-refractivity contribution in [2.45, 2.75) is 32.7 Å². The Kier molecular flexibility index (Phi) is 5.49. The fourth-order valence-corrected chi connectivity index (χ4v) is 3.72.